The lowest BCUT2D eigenvalue weighted by Crippen LogP contribution is -2.49. The second-order valence-corrected chi connectivity index (χ2v) is 7.21. The Hall–Kier alpha value is -2.70. The Labute approximate surface area is 154 Å². The Kier molecular flexibility index (Phi) is 6.13. The summed E-state index contributed by atoms with van der Waals surface area (Å²) in [5.74, 6) is -0.689. The van der Waals surface area contributed by atoms with E-state index in [4.69, 9.17) is 0 Å². The number of benzene rings is 1. The van der Waals surface area contributed by atoms with Crippen molar-refractivity contribution < 1.29 is 14.4 Å². The summed E-state index contributed by atoms with van der Waals surface area (Å²) in [4.78, 5) is 38.5. The minimum Gasteiger partial charge on any atom is -0.350 e. The third-order valence-corrected chi connectivity index (χ3v) is 3.80. The number of para-hydroxylation sites is 1. The standard InChI is InChI=1S/C19H26N4O3/c1-5-22(13-16(24)20-19(2,3)4)18(26)15-11-12-17(25)23(21-15)14-9-7-6-8-10-14/h6-10H,5,11-13H2,1-4H3,(H,20,24). The van der Waals surface area contributed by atoms with E-state index in [9.17, 15) is 14.4 Å². The van der Waals surface area contributed by atoms with Gasteiger partial charge < -0.3 is 10.2 Å². The molecule has 0 radical (unpaired) electrons. The average molecular weight is 358 g/mol. The molecule has 0 saturated carbocycles. The summed E-state index contributed by atoms with van der Waals surface area (Å²) in [7, 11) is 0. The van der Waals surface area contributed by atoms with Crippen LogP contribution in [0.1, 0.15) is 40.5 Å². The number of likely N-dealkylation sites (N-methyl/N-ethyl adjacent to an activating group) is 1. The number of carbonyl (C=O) groups is 3. The highest BCUT2D eigenvalue weighted by atomic mass is 16.2. The predicted octanol–water partition coefficient (Wildman–Crippen LogP) is 1.93. The van der Waals surface area contributed by atoms with E-state index in [1.54, 1.807) is 12.1 Å². The Morgan fingerprint density at radius 2 is 1.85 bits per heavy atom. The van der Waals surface area contributed by atoms with Crippen LogP contribution >= 0.6 is 0 Å². The van der Waals surface area contributed by atoms with E-state index in [0.717, 1.165) is 0 Å². The lowest BCUT2D eigenvalue weighted by Gasteiger charge is -2.28. The van der Waals surface area contributed by atoms with E-state index in [-0.39, 0.29) is 42.6 Å². The van der Waals surface area contributed by atoms with Gasteiger partial charge in [-0.3, -0.25) is 14.4 Å². The first-order valence-corrected chi connectivity index (χ1v) is 8.77. The molecule has 0 fully saturated rings. The fourth-order valence-electron chi connectivity index (χ4n) is 2.62. The summed E-state index contributed by atoms with van der Waals surface area (Å²) >= 11 is 0. The van der Waals surface area contributed by atoms with E-state index in [1.165, 1.54) is 9.91 Å². The smallest absolute Gasteiger partial charge is 0.270 e. The van der Waals surface area contributed by atoms with Crippen LogP contribution in [0.2, 0.25) is 0 Å². The quantitative estimate of drug-likeness (QED) is 0.873. The number of anilines is 1. The molecule has 1 aliphatic heterocycles. The second kappa shape index (κ2) is 8.12. The van der Waals surface area contributed by atoms with Crippen LogP contribution in [0, 0.1) is 0 Å². The molecule has 0 atom stereocenters. The first-order chi connectivity index (χ1) is 12.2. The Balaban J connectivity index is 2.15. The summed E-state index contributed by atoms with van der Waals surface area (Å²) < 4.78 is 0. The van der Waals surface area contributed by atoms with Gasteiger partial charge in [-0.25, -0.2) is 5.01 Å². The summed E-state index contributed by atoms with van der Waals surface area (Å²) in [5, 5.41) is 8.37. The number of amides is 3. The lowest BCUT2D eigenvalue weighted by molar-refractivity contribution is -0.132. The van der Waals surface area contributed by atoms with Crippen molar-refractivity contribution in [1.82, 2.24) is 10.2 Å². The molecule has 0 aliphatic carbocycles. The first-order valence-electron chi connectivity index (χ1n) is 8.77. The van der Waals surface area contributed by atoms with Gasteiger partial charge in [0.25, 0.3) is 5.91 Å². The molecular weight excluding hydrogens is 332 g/mol. The molecule has 0 spiro atoms. The number of hydrogen-bond acceptors (Lipinski definition) is 4. The molecular formula is C19H26N4O3. The van der Waals surface area contributed by atoms with E-state index in [0.29, 0.717) is 17.9 Å². The van der Waals surface area contributed by atoms with Gasteiger partial charge in [0, 0.05) is 24.9 Å². The maximum absolute atomic E-state index is 12.8. The molecule has 2 rings (SSSR count). The largest absolute Gasteiger partial charge is 0.350 e. The van der Waals surface area contributed by atoms with Crippen LogP contribution in [0.4, 0.5) is 5.69 Å². The van der Waals surface area contributed by atoms with Crippen LogP contribution in [0.3, 0.4) is 0 Å². The SMILES string of the molecule is CCN(CC(=O)NC(C)(C)C)C(=O)C1=NN(c2ccccc2)C(=O)CC1. The molecule has 1 aliphatic rings. The fraction of sp³-hybridized carbons (Fsp3) is 0.474. The van der Waals surface area contributed by atoms with Gasteiger partial charge in [0.05, 0.1) is 12.2 Å². The van der Waals surface area contributed by atoms with E-state index < -0.39 is 0 Å². The highest BCUT2D eigenvalue weighted by molar-refractivity contribution is 6.40. The van der Waals surface area contributed by atoms with E-state index >= 15 is 0 Å². The number of hydrogen-bond donors (Lipinski definition) is 1. The van der Waals surface area contributed by atoms with E-state index in [2.05, 4.69) is 10.4 Å². The highest BCUT2D eigenvalue weighted by Gasteiger charge is 2.29. The van der Waals surface area contributed by atoms with Gasteiger partial charge in [0.1, 0.15) is 5.71 Å². The molecule has 26 heavy (non-hydrogen) atoms. The summed E-state index contributed by atoms with van der Waals surface area (Å²) in [6.07, 6.45) is 0.490. The van der Waals surface area contributed by atoms with Crippen molar-refractivity contribution in [3.8, 4) is 0 Å². The molecule has 3 amide bonds. The first kappa shape index (κ1) is 19.6. The number of carbonyl (C=O) groups excluding carboxylic acids is 3. The summed E-state index contributed by atoms with van der Waals surface area (Å²) in [6, 6.07) is 9.00. The normalized spacial score (nSPS) is 14.7. The molecule has 1 aromatic carbocycles. The van der Waals surface area contributed by atoms with Crippen LogP contribution in [0.15, 0.2) is 35.4 Å². The molecule has 0 aromatic heterocycles. The van der Waals surface area contributed by atoms with Gasteiger partial charge in [0.2, 0.25) is 11.8 Å². The number of nitrogens with zero attached hydrogens (tertiary/aromatic N) is 3. The van der Waals surface area contributed by atoms with Gasteiger partial charge in [0.15, 0.2) is 0 Å². The number of nitrogens with one attached hydrogen (secondary N) is 1. The lowest BCUT2D eigenvalue weighted by atomic mass is 10.1. The average Bonchev–Trinajstić information content (AvgIpc) is 2.58. The topological polar surface area (TPSA) is 82.1 Å². The maximum atomic E-state index is 12.8. The molecule has 0 bridgehead atoms. The molecule has 1 N–H and O–H groups in total. The van der Waals surface area contributed by atoms with Crippen molar-refractivity contribution in [2.75, 3.05) is 18.1 Å². The zero-order valence-corrected chi connectivity index (χ0v) is 15.8. The minimum atomic E-state index is -0.363. The Morgan fingerprint density at radius 3 is 2.42 bits per heavy atom. The van der Waals surface area contributed by atoms with Crippen LogP contribution in [-0.4, -0.2) is 47.0 Å². The van der Waals surface area contributed by atoms with Gasteiger partial charge in [-0.05, 0) is 39.8 Å². The number of rotatable bonds is 5. The van der Waals surface area contributed by atoms with Gasteiger partial charge >= 0.3 is 0 Å². The molecule has 1 heterocycles. The minimum absolute atomic E-state index is 0.0368. The van der Waals surface area contributed by atoms with E-state index in [1.807, 2.05) is 45.9 Å². The van der Waals surface area contributed by atoms with Crippen molar-refractivity contribution in [2.24, 2.45) is 5.10 Å². The monoisotopic (exact) mass is 358 g/mol. The van der Waals surface area contributed by atoms with Crippen LogP contribution in [0.5, 0.6) is 0 Å². The molecule has 7 heteroatoms. The third kappa shape index (κ3) is 5.15. The second-order valence-electron chi connectivity index (χ2n) is 7.21. The van der Waals surface area contributed by atoms with Crippen LogP contribution in [-0.2, 0) is 14.4 Å². The zero-order valence-electron chi connectivity index (χ0n) is 15.8. The van der Waals surface area contributed by atoms with Gasteiger partial charge in [-0.15, -0.1) is 0 Å². The fourth-order valence-corrected chi connectivity index (χ4v) is 2.62. The van der Waals surface area contributed by atoms with Crippen LogP contribution in [0.25, 0.3) is 0 Å². The Bertz CT molecular complexity index is 707. The molecule has 0 saturated heterocycles. The number of hydrazone groups is 1. The zero-order chi connectivity index (χ0) is 19.3. The van der Waals surface area contributed by atoms with Gasteiger partial charge in [-0.1, -0.05) is 18.2 Å². The van der Waals surface area contributed by atoms with Crippen molar-refractivity contribution in [3.05, 3.63) is 30.3 Å². The summed E-state index contributed by atoms with van der Waals surface area (Å²) in [5.41, 5.74) is 0.549. The van der Waals surface area contributed by atoms with Gasteiger partial charge in [-0.2, -0.15) is 5.10 Å². The predicted molar refractivity (Wildman–Crippen MR) is 101 cm³/mol. The molecule has 1 aromatic rings. The highest BCUT2D eigenvalue weighted by Crippen LogP contribution is 2.20. The third-order valence-electron chi connectivity index (χ3n) is 3.80. The van der Waals surface area contributed by atoms with Crippen molar-refractivity contribution >= 4 is 29.1 Å². The molecule has 7 nitrogen and oxygen atoms in total. The van der Waals surface area contributed by atoms with Crippen LogP contribution < -0.4 is 10.3 Å². The summed E-state index contributed by atoms with van der Waals surface area (Å²) in [6.45, 7) is 7.82. The van der Waals surface area contributed by atoms with Crippen molar-refractivity contribution in [3.63, 3.8) is 0 Å². The molecule has 0 unspecified atom stereocenters. The Morgan fingerprint density at radius 1 is 1.19 bits per heavy atom. The molecule has 140 valence electrons. The van der Waals surface area contributed by atoms with Crippen molar-refractivity contribution in [2.45, 2.75) is 46.1 Å². The maximum Gasteiger partial charge on any atom is 0.270 e. The van der Waals surface area contributed by atoms with Crippen molar-refractivity contribution in [1.29, 1.82) is 0 Å².